The van der Waals surface area contributed by atoms with E-state index in [1.165, 1.54) is 0 Å². The second-order valence-corrected chi connectivity index (χ2v) is 6.34. The summed E-state index contributed by atoms with van der Waals surface area (Å²) in [6, 6.07) is 0. The summed E-state index contributed by atoms with van der Waals surface area (Å²) in [5.74, 6) is 0.530. The van der Waals surface area contributed by atoms with Gasteiger partial charge >= 0.3 is 5.97 Å². The molecular weight excluding hydrogens is 230 g/mol. The maximum absolute atomic E-state index is 11.7. The van der Waals surface area contributed by atoms with Gasteiger partial charge < -0.3 is 9.64 Å². The molecule has 0 aromatic heterocycles. The zero-order valence-electron chi connectivity index (χ0n) is 12.2. The van der Waals surface area contributed by atoms with Crippen molar-refractivity contribution < 1.29 is 14.3 Å². The number of carbonyl (C=O) groups excluding carboxylic acids is 2. The average molecular weight is 255 g/mol. The number of piperidine rings is 1. The van der Waals surface area contributed by atoms with Gasteiger partial charge in [-0.15, -0.1) is 0 Å². The molecule has 0 N–H and O–H groups in total. The summed E-state index contributed by atoms with van der Waals surface area (Å²) in [5, 5.41) is 0. The molecule has 0 bridgehead atoms. The lowest BCUT2D eigenvalue weighted by Crippen LogP contribution is -2.38. The zero-order chi connectivity index (χ0) is 13.9. The Hall–Kier alpha value is -1.06. The van der Waals surface area contributed by atoms with E-state index >= 15 is 0 Å². The fraction of sp³-hybridized carbons (Fsp3) is 0.857. The van der Waals surface area contributed by atoms with Crippen LogP contribution in [0.4, 0.5) is 0 Å². The number of hydrogen-bond acceptors (Lipinski definition) is 3. The van der Waals surface area contributed by atoms with Gasteiger partial charge in [-0.1, -0.05) is 6.92 Å². The lowest BCUT2D eigenvalue weighted by Gasteiger charge is -2.32. The Bertz CT molecular complexity index is 319. The third-order valence-electron chi connectivity index (χ3n) is 3.41. The number of amides is 1. The summed E-state index contributed by atoms with van der Waals surface area (Å²) < 4.78 is 5.31. The molecule has 104 valence electrons. The first kappa shape index (κ1) is 15.0. The lowest BCUT2D eigenvalue weighted by atomic mass is 9.83. The van der Waals surface area contributed by atoms with E-state index in [9.17, 15) is 9.59 Å². The quantitative estimate of drug-likeness (QED) is 0.726. The minimum atomic E-state index is -0.431. The number of carbonyl (C=O) groups is 2. The highest BCUT2D eigenvalue weighted by Crippen LogP contribution is 2.28. The van der Waals surface area contributed by atoms with Crippen LogP contribution in [0.2, 0.25) is 0 Å². The predicted octanol–water partition coefficient (Wildman–Crippen LogP) is 2.22. The van der Waals surface area contributed by atoms with Crippen LogP contribution in [-0.2, 0) is 14.3 Å². The highest BCUT2D eigenvalue weighted by Gasteiger charge is 2.29. The topological polar surface area (TPSA) is 46.6 Å². The smallest absolute Gasteiger partial charge is 0.306 e. The number of hydrogen-bond donors (Lipinski definition) is 0. The molecule has 1 amide bonds. The van der Waals surface area contributed by atoms with Crippen molar-refractivity contribution in [1.29, 1.82) is 0 Å². The molecule has 1 aliphatic heterocycles. The second-order valence-electron chi connectivity index (χ2n) is 6.34. The Morgan fingerprint density at radius 3 is 2.61 bits per heavy atom. The Morgan fingerprint density at radius 2 is 2.11 bits per heavy atom. The Morgan fingerprint density at radius 1 is 1.50 bits per heavy atom. The van der Waals surface area contributed by atoms with E-state index in [4.69, 9.17) is 4.74 Å². The normalized spacial score (nSPS) is 22.8. The van der Waals surface area contributed by atoms with Crippen LogP contribution in [0.5, 0.6) is 0 Å². The number of likely N-dealkylation sites (tertiary alicyclic amines) is 1. The van der Waals surface area contributed by atoms with Gasteiger partial charge in [0.05, 0.1) is 0 Å². The van der Waals surface area contributed by atoms with Gasteiger partial charge in [-0.25, -0.2) is 0 Å². The molecule has 4 nitrogen and oxygen atoms in total. The molecule has 1 aliphatic rings. The molecule has 0 aromatic rings. The summed E-state index contributed by atoms with van der Waals surface area (Å²) in [5.41, 5.74) is -0.431. The standard InChI is InChI=1S/C14H25NO3/c1-10(8-13(17)18-14(2,3)4)11-6-7-15(5)12(16)9-11/h10-11H,6-9H2,1-5H3. The zero-order valence-corrected chi connectivity index (χ0v) is 12.2. The monoisotopic (exact) mass is 255 g/mol. The van der Waals surface area contributed by atoms with Crippen molar-refractivity contribution >= 4 is 11.9 Å². The van der Waals surface area contributed by atoms with Crippen LogP contribution in [-0.4, -0.2) is 36.0 Å². The number of ether oxygens (including phenoxy) is 1. The fourth-order valence-electron chi connectivity index (χ4n) is 2.26. The van der Waals surface area contributed by atoms with E-state index in [1.807, 2.05) is 34.7 Å². The second kappa shape index (κ2) is 5.72. The van der Waals surface area contributed by atoms with Crippen LogP contribution in [0.15, 0.2) is 0 Å². The predicted molar refractivity (Wildman–Crippen MR) is 70.0 cm³/mol. The maximum Gasteiger partial charge on any atom is 0.306 e. The molecular formula is C14H25NO3. The maximum atomic E-state index is 11.7. The van der Waals surface area contributed by atoms with Crippen LogP contribution in [0.3, 0.4) is 0 Å². The van der Waals surface area contributed by atoms with Crippen molar-refractivity contribution in [2.45, 2.75) is 52.6 Å². The van der Waals surface area contributed by atoms with Gasteiger partial charge in [0.15, 0.2) is 0 Å². The molecule has 1 heterocycles. The van der Waals surface area contributed by atoms with E-state index in [0.29, 0.717) is 18.8 Å². The SMILES string of the molecule is CC(CC(=O)OC(C)(C)C)C1CCN(C)C(=O)C1. The lowest BCUT2D eigenvalue weighted by molar-refractivity contribution is -0.157. The molecule has 1 saturated heterocycles. The molecule has 0 aliphatic carbocycles. The first-order chi connectivity index (χ1) is 8.19. The minimum absolute atomic E-state index is 0.165. The Balaban J connectivity index is 2.43. The minimum Gasteiger partial charge on any atom is -0.460 e. The van der Waals surface area contributed by atoms with Gasteiger partial charge in [0.25, 0.3) is 0 Å². The third kappa shape index (κ3) is 4.67. The van der Waals surface area contributed by atoms with Crippen LogP contribution in [0.25, 0.3) is 0 Å². The van der Waals surface area contributed by atoms with Crippen molar-refractivity contribution in [2.75, 3.05) is 13.6 Å². The van der Waals surface area contributed by atoms with Crippen LogP contribution in [0.1, 0.15) is 47.0 Å². The molecule has 0 radical (unpaired) electrons. The van der Waals surface area contributed by atoms with Crippen molar-refractivity contribution in [3.05, 3.63) is 0 Å². The molecule has 2 unspecified atom stereocenters. The fourth-order valence-corrected chi connectivity index (χ4v) is 2.26. The van der Waals surface area contributed by atoms with Gasteiger partial charge in [-0.05, 0) is 39.0 Å². The van der Waals surface area contributed by atoms with E-state index < -0.39 is 5.60 Å². The van der Waals surface area contributed by atoms with E-state index in [1.54, 1.807) is 4.90 Å². The molecule has 4 heteroatoms. The van der Waals surface area contributed by atoms with Crippen molar-refractivity contribution in [2.24, 2.45) is 11.8 Å². The highest BCUT2D eigenvalue weighted by molar-refractivity contribution is 5.77. The first-order valence-corrected chi connectivity index (χ1v) is 6.65. The Kier molecular flexibility index (Phi) is 4.77. The number of nitrogens with zero attached hydrogens (tertiary/aromatic N) is 1. The van der Waals surface area contributed by atoms with Crippen LogP contribution in [0, 0.1) is 11.8 Å². The third-order valence-corrected chi connectivity index (χ3v) is 3.41. The largest absolute Gasteiger partial charge is 0.460 e. The number of rotatable bonds is 3. The van der Waals surface area contributed by atoms with Gasteiger partial charge in [0, 0.05) is 26.4 Å². The molecule has 18 heavy (non-hydrogen) atoms. The van der Waals surface area contributed by atoms with Gasteiger partial charge in [-0.2, -0.15) is 0 Å². The molecule has 0 aromatic carbocycles. The number of esters is 1. The summed E-state index contributed by atoms with van der Waals surface area (Å²) in [4.78, 5) is 25.1. The van der Waals surface area contributed by atoms with E-state index in [0.717, 1.165) is 13.0 Å². The van der Waals surface area contributed by atoms with Crippen molar-refractivity contribution in [3.8, 4) is 0 Å². The van der Waals surface area contributed by atoms with E-state index in [2.05, 4.69) is 0 Å². The summed E-state index contributed by atoms with van der Waals surface area (Å²) in [6.07, 6.45) is 1.94. The van der Waals surface area contributed by atoms with Gasteiger partial charge in [0.1, 0.15) is 5.60 Å². The van der Waals surface area contributed by atoms with Gasteiger partial charge in [0.2, 0.25) is 5.91 Å². The molecule has 2 atom stereocenters. The van der Waals surface area contributed by atoms with E-state index in [-0.39, 0.29) is 17.8 Å². The van der Waals surface area contributed by atoms with Crippen molar-refractivity contribution in [1.82, 2.24) is 4.90 Å². The molecule has 1 rings (SSSR count). The van der Waals surface area contributed by atoms with Crippen LogP contribution < -0.4 is 0 Å². The van der Waals surface area contributed by atoms with Gasteiger partial charge in [-0.3, -0.25) is 9.59 Å². The summed E-state index contributed by atoms with van der Waals surface area (Å²) in [6.45, 7) is 8.44. The Labute approximate surface area is 110 Å². The van der Waals surface area contributed by atoms with Crippen LogP contribution >= 0.6 is 0 Å². The molecule has 1 fully saturated rings. The summed E-state index contributed by atoms with van der Waals surface area (Å²) in [7, 11) is 1.83. The van der Waals surface area contributed by atoms with Crippen molar-refractivity contribution in [3.63, 3.8) is 0 Å². The summed E-state index contributed by atoms with van der Waals surface area (Å²) >= 11 is 0. The highest BCUT2D eigenvalue weighted by atomic mass is 16.6. The average Bonchev–Trinajstić information content (AvgIpc) is 2.18. The molecule has 0 spiro atoms. The molecule has 0 saturated carbocycles. The first-order valence-electron chi connectivity index (χ1n) is 6.65.